The molecule has 1 fully saturated rings. The third-order valence-corrected chi connectivity index (χ3v) is 8.34. The molecular formula is C30H31N3O8. The highest BCUT2D eigenvalue weighted by Gasteiger charge is 2.45. The Bertz CT molecular complexity index is 1780. The van der Waals surface area contributed by atoms with Crippen LogP contribution in [0.3, 0.4) is 0 Å². The van der Waals surface area contributed by atoms with Gasteiger partial charge in [0.1, 0.15) is 15.5 Å². The molecule has 2 N–H and O–H groups in total. The Balaban J connectivity index is 1.37. The minimum Gasteiger partial charge on any atom is -0.458 e. The number of hydrogen-bond donors (Lipinski definition) is 2. The van der Waals surface area contributed by atoms with Crippen molar-refractivity contribution in [3.8, 4) is 22.9 Å². The molecule has 3 aromatic rings. The monoisotopic (exact) mass is 563 g/mol. The third-order valence-electron chi connectivity index (χ3n) is 8.34. The molecule has 2 atom stereocenters. The predicted octanol–water partition coefficient (Wildman–Crippen LogP) is 2.63. The van der Waals surface area contributed by atoms with Crippen LogP contribution >= 0.6 is 0 Å². The number of esters is 1. The quantitative estimate of drug-likeness (QED) is 0.325. The van der Waals surface area contributed by atoms with Gasteiger partial charge in [-0.1, -0.05) is 6.92 Å². The van der Waals surface area contributed by atoms with Crippen LogP contribution in [-0.2, 0) is 44.4 Å². The molecule has 11 nitrogen and oxygen atoms in total. The first-order chi connectivity index (χ1) is 20.4. The molecule has 0 unspecified atom stereocenters. The van der Waals surface area contributed by atoms with Gasteiger partial charge in [0.15, 0.2) is 17.1 Å². The molecule has 2 aromatic heterocycles. The molecule has 1 aromatic carbocycles. The van der Waals surface area contributed by atoms with Crippen molar-refractivity contribution >= 4 is 22.8 Å². The number of benzene rings is 1. The maximum absolute atomic E-state index is 13.7. The molecule has 0 saturated heterocycles. The van der Waals surface area contributed by atoms with Crippen LogP contribution in [-0.4, -0.2) is 45.5 Å². The standard InChI is InChI=1S/C30H31N3O8/c1-4-30(37)20-8-22-25-18(11-33(22)28(35)19(20)12-38-29(30)36)17(10-31-27(34)26(15-5-6-15)41-14(2)3)16-7-23-24(40-13-39-23)9-21(16)32-25/h7-9,14-15,26,37H,4-6,10-13H2,1-3H3,(H,31,34)/t26-,30+/m1/s1/i13D2. The van der Waals surface area contributed by atoms with E-state index in [1.165, 1.54) is 4.57 Å². The second-order valence-electron chi connectivity index (χ2n) is 11.3. The summed E-state index contributed by atoms with van der Waals surface area (Å²) in [4.78, 5) is 44.5. The van der Waals surface area contributed by atoms with Crippen molar-refractivity contribution in [2.75, 3.05) is 6.75 Å². The molecule has 0 radical (unpaired) electrons. The number of carbonyl (C=O) groups excluding carboxylic acids is 2. The number of hydrogen-bond acceptors (Lipinski definition) is 9. The summed E-state index contributed by atoms with van der Waals surface area (Å²) < 4.78 is 39.1. The molecule has 1 aliphatic carbocycles. The lowest BCUT2D eigenvalue weighted by Gasteiger charge is -2.31. The van der Waals surface area contributed by atoms with Gasteiger partial charge in [0.2, 0.25) is 12.7 Å². The number of rotatable bonds is 7. The Labute approximate surface area is 238 Å². The molecule has 1 saturated carbocycles. The number of nitrogens with zero attached hydrogens (tertiary/aromatic N) is 2. The van der Waals surface area contributed by atoms with Gasteiger partial charge >= 0.3 is 5.97 Å². The lowest BCUT2D eigenvalue weighted by Crippen LogP contribution is -2.44. The van der Waals surface area contributed by atoms with Crippen molar-refractivity contribution in [1.82, 2.24) is 14.9 Å². The first-order valence-electron chi connectivity index (χ1n) is 14.9. The second-order valence-corrected chi connectivity index (χ2v) is 11.3. The van der Waals surface area contributed by atoms with Gasteiger partial charge in [-0.05, 0) is 56.7 Å². The molecule has 4 aliphatic rings. The number of pyridine rings is 2. The fourth-order valence-corrected chi connectivity index (χ4v) is 6.00. The molecule has 1 amide bonds. The Hall–Kier alpha value is -3.96. The summed E-state index contributed by atoms with van der Waals surface area (Å²) in [5, 5.41) is 14.9. The first kappa shape index (κ1) is 23.7. The smallest absolute Gasteiger partial charge is 0.343 e. The highest BCUT2D eigenvalue weighted by Crippen LogP contribution is 2.43. The molecular weight excluding hydrogens is 530 g/mol. The second kappa shape index (κ2) is 9.28. The molecule has 5 heterocycles. The number of aromatic nitrogens is 2. The fourth-order valence-electron chi connectivity index (χ4n) is 6.00. The van der Waals surface area contributed by atoms with Crippen LogP contribution in [0.15, 0.2) is 23.0 Å². The average Bonchev–Trinajstić information content (AvgIpc) is 3.66. The number of carbonyl (C=O) groups is 2. The van der Waals surface area contributed by atoms with Gasteiger partial charge in [0.05, 0.1) is 35.1 Å². The van der Waals surface area contributed by atoms with E-state index in [9.17, 15) is 19.5 Å². The predicted molar refractivity (Wildman–Crippen MR) is 145 cm³/mol. The summed E-state index contributed by atoms with van der Waals surface area (Å²) in [7, 11) is 0. The van der Waals surface area contributed by atoms with Crippen molar-refractivity contribution in [2.24, 2.45) is 5.92 Å². The minimum atomic E-state index is -2.35. The lowest BCUT2D eigenvalue weighted by atomic mass is 9.86. The van der Waals surface area contributed by atoms with Crippen LogP contribution in [0.2, 0.25) is 0 Å². The van der Waals surface area contributed by atoms with Crippen molar-refractivity contribution < 1.29 is 36.4 Å². The zero-order chi connectivity index (χ0) is 30.4. The Kier molecular flexibility index (Phi) is 5.37. The number of ether oxygens (including phenoxy) is 4. The minimum absolute atomic E-state index is 0.0170. The van der Waals surface area contributed by atoms with Gasteiger partial charge in [-0.2, -0.15) is 0 Å². The van der Waals surface area contributed by atoms with Gasteiger partial charge in [-0.15, -0.1) is 0 Å². The first-order valence-corrected chi connectivity index (χ1v) is 13.9. The van der Waals surface area contributed by atoms with Crippen molar-refractivity contribution in [3.63, 3.8) is 0 Å². The van der Waals surface area contributed by atoms with E-state index < -0.39 is 30.0 Å². The zero-order valence-electron chi connectivity index (χ0n) is 24.9. The summed E-state index contributed by atoms with van der Waals surface area (Å²) >= 11 is 0. The van der Waals surface area contributed by atoms with Crippen molar-refractivity contribution in [3.05, 3.63) is 50.8 Å². The Morgan fingerprint density at radius 1 is 1.22 bits per heavy atom. The van der Waals surface area contributed by atoms with Gasteiger partial charge in [0.25, 0.3) is 5.56 Å². The molecule has 214 valence electrons. The van der Waals surface area contributed by atoms with Crippen LogP contribution in [0.4, 0.5) is 0 Å². The highest BCUT2D eigenvalue weighted by molar-refractivity contribution is 5.92. The molecule has 0 bridgehead atoms. The highest BCUT2D eigenvalue weighted by atomic mass is 16.7. The summed E-state index contributed by atoms with van der Waals surface area (Å²) in [6.45, 7) is 3.04. The van der Waals surface area contributed by atoms with E-state index in [1.807, 2.05) is 13.8 Å². The van der Waals surface area contributed by atoms with E-state index in [2.05, 4.69) is 5.32 Å². The van der Waals surface area contributed by atoms with Gasteiger partial charge in [0, 0.05) is 29.1 Å². The average molecular weight is 564 g/mol. The summed E-state index contributed by atoms with van der Waals surface area (Å²) in [6.07, 6.45) is 1.15. The SMILES string of the molecule is [2H]C1([2H])Oc2cc3nc4c(c(CNC(=O)[C@H](OC(C)C)C5CC5)c3cc2O1)Cn1c-4cc2c(c1=O)COC(=O)[C@]2(O)CC. The van der Waals surface area contributed by atoms with Crippen molar-refractivity contribution in [1.29, 1.82) is 0 Å². The Morgan fingerprint density at radius 3 is 2.68 bits per heavy atom. The molecule has 7 rings (SSSR count). The van der Waals surface area contributed by atoms with E-state index in [4.69, 9.17) is 26.7 Å². The van der Waals surface area contributed by atoms with Gasteiger partial charge < -0.3 is 33.9 Å². The third kappa shape index (κ3) is 4.01. The lowest BCUT2D eigenvalue weighted by molar-refractivity contribution is -0.172. The van der Waals surface area contributed by atoms with E-state index in [1.54, 1.807) is 25.1 Å². The van der Waals surface area contributed by atoms with Crippen molar-refractivity contribution in [2.45, 2.75) is 77.5 Å². The largest absolute Gasteiger partial charge is 0.458 e. The number of fused-ring (bicyclic) bond motifs is 6. The van der Waals surface area contributed by atoms with Crippen LogP contribution < -0.4 is 20.3 Å². The van der Waals surface area contributed by atoms with Gasteiger partial charge in [-0.3, -0.25) is 9.59 Å². The summed E-state index contributed by atoms with van der Waals surface area (Å²) in [6, 6.07) is 4.82. The van der Waals surface area contributed by atoms with Crippen LogP contribution in [0.25, 0.3) is 22.3 Å². The number of amides is 1. The number of aliphatic hydroxyl groups is 1. The Morgan fingerprint density at radius 2 is 1.98 bits per heavy atom. The van der Waals surface area contributed by atoms with Gasteiger partial charge in [-0.25, -0.2) is 9.78 Å². The summed E-state index contributed by atoms with van der Waals surface area (Å²) in [5.41, 5.74) is 0.693. The molecule has 0 spiro atoms. The molecule has 11 heteroatoms. The van der Waals surface area contributed by atoms with E-state index >= 15 is 0 Å². The van der Waals surface area contributed by atoms with Crippen LogP contribution in [0.5, 0.6) is 11.5 Å². The molecule has 3 aliphatic heterocycles. The van der Waals surface area contributed by atoms with Crippen LogP contribution in [0.1, 0.15) is 65.0 Å². The maximum Gasteiger partial charge on any atom is 0.343 e. The molecule has 41 heavy (non-hydrogen) atoms. The fraction of sp³-hybridized carbons (Fsp3) is 0.467. The van der Waals surface area contributed by atoms with E-state index in [0.717, 1.165) is 12.8 Å². The normalized spacial score (nSPS) is 22.9. The maximum atomic E-state index is 13.7. The number of nitrogens with one attached hydrogen (secondary N) is 1. The van der Waals surface area contributed by atoms with Crippen LogP contribution in [0, 0.1) is 5.92 Å². The zero-order valence-corrected chi connectivity index (χ0v) is 22.9. The topological polar surface area (TPSA) is 138 Å². The van der Waals surface area contributed by atoms with E-state index in [-0.39, 0.29) is 66.7 Å². The van der Waals surface area contributed by atoms with E-state index in [0.29, 0.717) is 33.4 Å². The number of cyclic esters (lactones) is 1. The summed E-state index contributed by atoms with van der Waals surface area (Å²) in [5.74, 6) is -0.523.